The Bertz CT molecular complexity index is 2000. The fourth-order valence-electron chi connectivity index (χ4n) is 4.45. The third-order valence-electron chi connectivity index (χ3n) is 6.95. The lowest BCUT2D eigenvalue weighted by Crippen LogP contribution is -2.30. The monoisotopic (exact) mass is 798 g/mol. The summed E-state index contributed by atoms with van der Waals surface area (Å²) in [4.78, 5) is 46.2. The molecule has 4 aromatic rings. The van der Waals surface area contributed by atoms with Gasteiger partial charge in [-0.05, 0) is 60.4 Å². The number of nitro groups is 2. The Morgan fingerprint density at radius 1 is 0.647 bits per heavy atom. The minimum atomic E-state index is -5.58. The summed E-state index contributed by atoms with van der Waals surface area (Å²) in [7, 11) is 0. The number of ether oxygens (including phenoxy) is 1. The molecule has 0 fully saturated rings. The van der Waals surface area contributed by atoms with Crippen molar-refractivity contribution in [3.8, 4) is 33.8 Å². The Balaban J connectivity index is 2.10. The molecule has 0 radical (unpaired) electrons. The van der Waals surface area contributed by atoms with Crippen molar-refractivity contribution in [1.29, 1.82) is 0 Å². The average molecular weight is 800 g/mol. The number of carbonyl (C=O) groups excluding carboxylic acids is 2. The van der Waals surface area contributed by atoms with Crippen LogP contribution >= 0.6 is 46.4 Å². The van der Waals surface area contributed by atoms with Crippen molar-refractivity contribution < 1.29 is 50.5 Å². The fourth-order valence-corrected chi connectivity index (χ4v) is 5.27. The van der Waals surface area contributed by atoms with Crippen molar-refractivity contribution in [1.82, 2.24) is 0 Å². The normalized spacial score (nSPS) is 11.6. The molecule has 0 saturated heterocycles. The van der Waals surface area contributed by atoms with Crippen LogP contribution in [0.2, 0.25) is 20.1 Å². The first kappa shape index (κ1) is 39.0. The van der Waals surface area contributed by atoms with Crippen LogP contribution in [0.5, 0.6) is 11.5 Å². The maximum Gasteiger partial charge on any atom is 0.471 e. The standard InChI is InChI=1S/C30H16Cl4F6N4O7/c1-11-3-5-13(7-17(11)31)15-9-19(21(33)23(25(15)43(47)48)41-27(45)29(35,36)37)51-20-10-16(14-6-4-12(2)18(32)8-14)26(44(49)50)24(22(20)34)42-28(46)30(38,39)40/h3-10H,1-2H3,(H,41,45)(H,42,46). The van der Waals surface area contributed by atoms with Crippen molar-refractivity contribution in [2.45, 2.75) is 26.2 Å². The number of alkyl halides is 6. The number of hydrogen-bond acceptors (Lipinski definition) is 7. The van der Waals surface area contributed by atoms with Crippen LogP contribution in [0.15, 0.2) is 48.5 Å². The number of carbonyl (C=O) groups is 2. The minimum absolute atomic E-state index is 0.0463. The van der Waals surface area contributed by atoms with Gasteiger partial charge in [0.1, 0.15) is 32.9 Å². The molecule has 2 amide bonds. The number of anilines is 2. The van der Waals surface area contributed by atoms with Gasteiger partial charge < -0.3 is 15.4 Å². The predicted molar refractivity (Wildman–Crippen MR) is 176 cm³/mol. The Kier molecular flexibility index (Phi) is 11.0. The van der Waals surface area contributed by atoms with Crippen LogP contribution in [-0.4, -0.2) is 34.0 Å². The van der Waals surface area contributed by atoms with Crippen LogP contribution in [0.1, 0.15) is 11.1 Å². The Labute approximate surface area is 301 Å². The summed E-state index contributed by atoms with van der Waals surface area (Å²) in [5.74, 6) is -6.99. The third-order valence-corrected chi connectivity index (χ3v) is 8.51. The molecule has 2 N–H and O–H groups in total. The van der Waals surface area contributed by atoms with Gasteiger partial charge in [0.05, 0.1) is 21.0 Å². The number of nitrogens with one attached hydrogen (secondary N) is 2. The van der Waals surface area contributed by atoms with Crippen LogP contribution in [0, 0.1) is 34.1 Å². The van der Waals surface area contributed by atoms with Gasteiger partial charge in [0, 0.05) is 10.0 Å². The van der Waals surface area contributed by atoms with E-state index in [-0.39, 0.29) is 21.2 Å². The molecule has 0 bridgehead atoms. The van der Waals surface area contributed by atoms with Crippen molar-refractivity contribution in [2.75, 3.05) is 10.6 Å². The molecule has 268 valence electrons. The first-order valence-corrected chi connectivity index (χ1v) is 15.0. The van der Waals surface area contributed by atoms with Gasteiger partial charge in [-0.25, -0.2) is 0 Å². The lowest BCUT2D eigenvalue weighted by Gasteiger charge is -2.19. The van der Waals surface area contributed by atoms with E-state index in [9.17, 15) is 56.2 Å². The van der Waals surface area contributed by atoms with E-state index in [1.54, 1.807) is 13.8 Å². The van der Waals surface area contributed by atoms with Crippen LogP contribution in [0.25, 0.3) is 22.3 Å². The zero-order valence-corrected chi connectivity index (χ0v) is 28.2. The Hall–Kier alpha value is -4.84. The highest BCUT2D eigenvalue weighted by Crippen LogP contribution is 2.52. The van der Waals surface area contributed by atoms with Gasteiger partial charge in [0.15, 0.2) is 0 Å². The number of rotatable bonds is 8. The van der Waals surface area contributed by atoms with E-state index in [2.05, 4.69) is 0 Å². The molecule has 0 aliphatic rings. The first-order chi connectivity index (χ1) is 23.5. The highest BCUT2D eigenvalue weighted by atomic mass is 35.5. The smallest absolute Gasteiger partial charge is 0.454 e. The van der Waals surface area contributed by atoms with Gasteiger partial charge in [0.2, 0.25) is 0 Å². The molecular formula is C30H16Cl4F6N4O7. The van der Waals surface area contributed by atoms with Gasteiger partial charge in [-0.3, -0.25) is 29.8 Å². The van der Waals surface area contributed by atoms with Gasteiger partial charge >= 0.3 is 35.5 Å². The topological polar surface area (TPSA) is 154 Å². The van der Waals surface area contributed by atoms with Gasteiger partial charge in [-0.15, -0.1) is 0 Å². The lowest BCUT2D eigenvalue weighted by atomic mass is 10.00. The Morgan fingerprint density at radius 3 is 1.25 bits per heavy atom. The summed E-state index contributed by atoms with van der Waals surface area (Å²) in [5, 5.41) is 25.2. The number of aryl methyl sites for hydroxylation is 2. The molecule has 21 heteroatoms. The van der Waals surface area contributed by atoms with E-state index < -0.39 is 89.4 Å². The quantitative estimate of drug-likeness (QED) is 0.102. The molecule has 0 spiro atoms. The maximum absolute atomic E-state index is 13.3. The van der Waals surface area contributed by atoms with Gasteiger partial charge in [-0.2, -0.15) is 26.3 Å². The number of halogens is 10. The highest BCUT2D eigenvalue weighted by Gasteiger charge is 2.43. The summed E-state index contributed by atoms with van der Waals surface area (Å²) < 4.78 is 85.8. The van der Waals surface area contributed by atoms with E-state index in [4.69, 9.17) is 51.1 Å². The third kappa shape index (κ3) is 8.22. The SMILES string of the molecule is Cc1ccc(-c2cc(Oc3cc(-c4ccc(C)c(Cl)c4)c([N+](=O)[O-])c(NC(=O)C(F)(F)F)c3Cl)c(Cl)c(NC(=O)C(F)(F)F)c2[N+](=O)[O-])cc1Cl. The van der Waals surface area contributed by atoms with Crippen molar-refractivity contribution in [3.05, 3.63) is 100.0 Å². The van der Waals surface area contributed by atoms with E-state index >= 15 is 0 Å². The van der Waals surface area contributed by atoms with Crippen LogP contribution < -0.4 is 15.4 Å². The summed E-state index contributed by atoms with van der Waals surface area (Å²) in [6, 6.07) is 9.36. The summed E-state index contributed by atoms with van der Waals surface area (Å²) in [6.45, 7) is 3.13. The van der Waals surface area contributed by atoms with Gasteiger partial charge in [-0.1, -0.05) is 70.7 Å². The second kappa shape index (κ2) is 14.4. The molecule has 4 aromatic carbocycles. The number of nitrogens with zero attached hydrogens (tertiary/aromatic N) is 2. The van der Waals surface area contributed by atoms with E-state index in [1.165, 1.54) is 47.0 Å². The fraction of sp³-hybridized carbons (Fsp3) is 0.133. The molecule has 0 aliphatic carbocycles. The summed E-state index contributed by atoms with van der Waals surface area (Å²) >= 11 is 25.0. The summed E-state index contributed by atoms with van der Waals surface area (Å²) in [5.41, 5.74) is -5.11. The largest absolute Gasteiger partial charge is 0.471 e. The molecule has 0 aromatic heterocycles. The maximum atomic E-state index is 13.3. The number of hydrogen-bond donors (Lipinski definition) is 2. The van der Waals surface area contributed by atoms with Crippen LogP contribution in [0.3, 0.4) is 0 Å². The van der Waals surface area contributed by atoms with Gasteiger partial charge in [0.25, 0.3) is 0 Å². The molecule has 0 atom stereocenters. The molecule has 51 heavy (non-hydrogen) atoms. The van der Waals surface area contributed by atoms with Crippen LogP contribution in [0.4, 0.5) is 49.1 Å². The number of benzene rings is 4. The average Bonchev–Trinajstić information content (AvgIpc) is 3.01. The van der Waals surface area contributed by atoms with Crippen molar-refractivity contribution in [3.63, 3.8) is 0 Å². The molecule has 0 heterocycles. The van der Waals surface area contributed by atoms with Crippen LogP contribution in [-0.2, 0) is 9.59 Å². The first-order valence-electron chi connectivity index (χ1n) is 13.5. The number of nitro benzene ring substituents is 2. The molecular weight excluding hydrogens is 784 g/mol. The van der Waals surface area contributed by atoms with Crippen molar-refractivity contribution in [2.24, 2.45) is 0 Å². The zero-order valence-electron chi connectivity index (χ0n) is 25.2. The zero-order chi connectivity index (χ0) is 38.3. The molecule has 11 nitrogen and oxygen atoms in total. The van der Waals surface area contributed by atoms with Crippen molar-refractivity contribution >= 4 is 81.0 Å². The second-order valence-corrected chi connectivity index (χ2v) is 11.9. The van der Waals surface area contributed by atoms with E-state index in [0.29, 0.717) is 11.1 Å². The molecule has 0 saturated carbocycles. The Morgan fingerprint density at radius 2 is 0.980 bits per heavy atom. The lowest BCUT2D eigenvalue weighted by molar-refractivity contribution is -0.383. The predicted octanol–water partition coefficient (Wildman–Crippen LogP) is 10.9. The number of amides is 2. The highest BCUT2D eigenvalue weighted by molar-refractivity contribution is 6.37. The molecule has 0 unspecified atom stereocenters. The summed E-state index contributed by atoms with van der Waals surface area (Å²) in [6.07, 6.45) is -11.2. The van der Waals surface area contributed by atoms with E-state index in [0.717, 1.165) is 12.1 Å². The minimum Gasteiger partial charge on any atom is -0.454 e. The molecule has 0 aliphatic heterocycles. The second-order valence-electron chi connectivity index (χ2n) is 10.4. The molecule has 4 rings (SSSR count). The van der Waals surface area contributed by atoms with E-state index in [1.807, 2.05) is 0 Å².